The summed E-state index contributed by atoms with van der Waals surface area (Å²) in [5.41, 5.74) is 1.78. The van der Waals surface area contributed by atoms with Gasteiger partial charge >= 0.3 is 5.97 Å². The number of carboxylic acids is 1. The van der Waals surface area contributed by atoms with Gasteiger partial charge in [0, 0.05) is 10.0 Å². The van der Waals surface area contributed by atoms with Crippen LogP contribution in [0.5, 0.6) is 0 Å². The smallest absolute Gasteiger partial charge is 0.323 e. The Morgan fingerprint density at radius 2 is 1.63 bits per heavy atom. The molecule has 138 valence electrons. The number of carbonyl (C=O) groups is 3. The second kappa shape index (κ2) is 7.36. The summed E-state index contributed by atoms with van der Waals surface area (Å²) in [5, 5.41) is 19.9. The average molecular weight is 430 g/mol. The lowest BCUT2D eigenvalue weighted by molar-refractivity contribution is -0.146. The SMILES string of the molecule is Cc1ccc(C(O)=C2C(=O)C(=O)N(CC(=O)O)[C@H]2c2ccc(Br)cc2)cc1. The second-order valence-corrected chi connectivity index (χ2v) is 7.15. The molecule has 2 aromatic rings. The van der Waals surface area contributed by atoms with Gasteiger partial charge in [-0.15, -0.1) is 0 Å². The number of likely N-dealkylation sites (tertiary alicyclic amines) is 1. The van der Waals surface area contributed by atoms with Gasteiger partial charge in [-0.1, -0.05) is 57.9 Å². The van der Waals surface area contributed by atoms with E-state index in [1.54, 1.807) is 48.5 Å². The fourth-order valence-electron chi connectivity index (χ4n) is 3.05. The number of aliphatic carboxylic acids is 1. The van der Waals surface area contributed by atoms with Crippen LogP contribution >= 0.6 is 15.9 Å². The predicted molar refractivity (Wildman–Crippen MR) is 102 cm³/mol. The number of carboxylic acid groups (broad SMARTS) is 1. The number of benzene rings is 2. The maximum absolute atomic E-state index is 12.6. The Kier molecular flexibility index (Phi) is 5.14. The zero-order chi connectivity index (χ0) is 19.7. The van der Waals surface area contributed by atoms with E-state index in [9.17, 15) is 19.5 Å². The molecule has 1 aliphatic rings. The van der Waals surface area contributed by atoms with E-state index < -0.39 is 30.2 Å². The summed E-state index contributed by atoms with van der Waals surface area (Å²) >= 11 is 3.32. The third kappa shape index (κ3) is 3.64. The lowest BCUT2D eigenvalue weighted by Crippen LogP contribution is -2.34. The molecule has 0 aliphatic carbocycles. The third-order valence-electron chi connectivity index (χ3n) is 4.36. The largest absolute Gasteiger partial charge is 0.507 e. The molecule has 1 heterocycles. The molecule has 0 saturated carbocycles. The van der Waals surface area contributed by atoms with E-state index in [4.69, 9.17) is 5.11 Å². The highest BCUT2D eigenvalue weighted by Gasteiger charge is 2.46. The topological polar surface area (TPSA) is 94.9 Å². The number of ketones is 1. The molecule has 1 atom stereocenters. The Hall–Kier alpha value is -2.93. The molecule has 0 spiro atoms. The molecule has 27 heavy (non-hydrogen) atoms. The van der Waals surface area contributed by atoms with Crippen LogP contribution in [0.15, 0.2) is 58.6 Å². The monoisotopic (exact) mass is 429 g/mol. The zero-order valence-electron chi connectivity index (χ0n) is 14.3. The van der Waals surface area contributed by atoms with Crippen LogP contribution in [0.1, 0.15) is 22.7 Å². The molecule has 1 fully saturated rings. The van der Waals surface area contributed by atoms with Gasteiger partial charge in [-0.3, -0.25) is 14.4 Å². The predicted octanol–water partition coefficient (Wildman–Crippen LogP) is 3.26. The van der Waals surface area contributed by atoms with E-state index in [0.717, 1.165) is 14.9 Å². The molecule has 0 radical (unpaired) electrons. The van der Waals surface area contributed by atoms with E-state index in [1.165, 1.54) is 0 Å². The molecule has 1 aliphatic heterocycles. The van der Waals surface area contributed by atoms with Crippen molar-refractivity contribution >= 4 is 39.3 Å². The van der Waals surface area contributed by atoms with Gasteiger partial charge in [-0.2, -0.15) is 0 Å². The summed E-state index contributed by atoms with van der Waals surface area (Å²) in [6.45, 7) is 1.24. The van der Waals surface area contributed by atoms with Crippen molar-refractivity contribution in [3.05, 3.63) is 75.3 Å². The van der Waals surface area contributed by atoms with E-state index >= 15 is 0 Å². The quantitative estimate of drug-likeness (QED) is 0.441. The number of hydrogen-bond acceptors (Lipinski definition) is 4. The van der Waals surface area contributed by atoms with Crippen LogP contribution in [-0.4, -0.2) is 39.3 Å². The Morgan fingerprint density at radius 3 is 2.19 bits per heavy atom. The first kappa shape index (κ1) is 18.8. The van der Waals surface area contributed by atoms with Crippen molar-refractivity contribution in [2.45, 2.75) is 13.0 Å². The average Bonchev–Trinajstić information content (AvgIpc) is 2.87. The Morgan fingerprint density at radius 1 is 1.04 bits per heavy atom. The summed E-state index contributed by atoms with van der Waals surface area (Å²) in [5.74, 6) is -3.41. The van der Waals surface area contributed by atoms with Crippen molar-refractivity contribution < 1.29 is 24.6 Å². The van der Waals surface area contributed by atoms with Gasteiger partial charge in [0.1, 0.15) is 12.3 Å². The minimum atomic E-state index is -1.24. The van der Waals surface area contributed by atoms with E-state index in [0.29, 0.717) is 11.1 Å². The summed E-state index contributed by atoms with van der Waals surface area (Å²) < 4.78 is 0.792. The van der Waals surface area contributed by atoms with Crippen molar-refractivity contribution in [3.63, 3.8) is 0 Å². The molecule has 0 bridgehead atoms. The fraction of sp³-hybridized carbons (Fsp3) is 0.150. The van der Waals surface area contributed by atoms with Crippen LogP contribution in [0.3, 0.4) is 0 Å². The Labute approximate surface area is 163 Å². The van der Waals surface area contributed by atoms with Crippen molar-refractivity contribution in [2.75, 3.05) is 6.54 Å². The number of aliphatic hydroxyl groups is 1. The summed E-state index contributed by atoms with van der Waals surface area (Å²) in [7, 11) is 0. The number of halogens is 1. The first-order valence-electron chi connectivity index (χ1n) is 8.12. The molecule has 7 heteroatoms. The van der Waals surface area contributed by atoms with Crippen molar-refractivity contribution in [1.82, 2.24) is 4.90 Å². The Bertz CT molecular complexity index is 947. The number of amides is 1. The van der Waals surface area contributed by atoms with Crippen LogP contribution in [0.25, 0.3) is 5.76 Å². The number of rotatable bonds is 4. The number of nitrogens with zero attached hydrogens (tertiary/aromatic N) is 1. The molecule has 6 nitrogen and oxygen atoms in total. The minimum absolute atomic E-state index is 0.118. The molecule has 2 aromatic carbocycles. The number of hydrogen-bond donors (Lipinski definition) is 2. The Balaban J connectivity index is 2.19. The molecular weight excluding hydrogens is 414 g/mol. The fourth-order valence-corrected chi connectivity index (χ4v) is 3.31. The van der Waals surface area contributed by atoms with Crippen LogP contribution in [-0.2, 0) is 14.4 Å². The molecule has 1 amide bonds. The van der Waals surface area contributed by atoms with Crippen LogP contribution in [0.4, 0.5) is 0 Å². The molecule has 0 unspecified atom stereocenters. The van der Waals surface area contributed by atoms with Crippen molar-refractivity contribution in [1.29, 1.82) is 0 Å². The van der Waals surface area contributed by atoms with Gasteiger partial charge in [0.05, 0.1) is 11.6 Å². The van der Waals surface area contributed by atoms with Crippen LogP contribution < -0.4 is 0 Å². The maximum Gasteiger partial charge on any atom is 0.323 e. The number of aliphatic hydroxyl groups excluding tert-OH is 1. The molecule has 2 N–H and O–H groups in total. The van der Waals surface area contributed by atoms with Crippen LogP contribution in [0, 0.1) is 6.92 Å². The molecule has 3 rings (SSSR count). The lowest BCUT2D eigenvalue weighted by atomic mass is 9.95. The minimum Gasteiger partial charge on any atom is -0.507 e. The third-order valence-corrected chi connectivity index (χ3v) is 4.88. The highest BCUT2D eigenvalue weighted by atomic mass is 79.9. The first-order valence-corrected chi connectivity index (χ1v) is 8.91. The number of carbonyl (C=O) groups excluding carboxylic acids is 2. The van der Waals surface area contributed by atoms with Gasteiger partial charge < -0.3 is 15.1 Å². The maximum atomic E-state index is 12.6. The highest BCUT2D eigenvalue weighted by molar-refractivity contribution is 9.10. The zero-order valence-corrected chi connectivity index (χ0v) is 15.9. The van der Waals surface area contributed by atoms with E-state index in [-0.39, 0.29) is 11.3 Å². The number of Topliss-reactive ketones (excluding diaryl/α,β-unsaturated/α-hetero) is 1. The number of aryl methyl sites for hydroxylation is 1. The van der Waals surface area contributed by atoms with Crippen molar-refractivity contribution in [2.24, 2.45) is 0 Å². The first-order chi connectivity index (χ1) is 12.8. The summed E-state index contributed by atoms with van der Waals surface area (Å²) in [6, 6.07) is 12.7. The van der Waals surface area contributed by atoms with Crippen molar-refractivity contribution in [3.8, 4) is 0 Å². The normalized spacial score (nSPS) is 18.7. The molecule has 1 saturated heterocycles. The highest BCUT2D eigenvalue weighted by Crippen LogP contribution is 2.39. The van der Waals surface area contributed by atoms with E-state index in [2.05, 4.69) is 15.9 Å². The lowest BCUT2D eigenvalue weighted by Gasteiger charge is -2.23. The second-order valence-electron chi connectivity index (χ2n) is 6.24. The van der Waals surface area contributed by atoms with Gasteiger partial charge in [-0.25, -0.2) is 0 Å². The van der Waals surface area contributed by atoms with Gasteiger partial charge in [-0.05, 0) is 24.6 Å². The van der Waals surface area contributed by atoms with E-state index in [1.807, 2.05) is 6.92 Å². The van der Waals surface area contributed by atoms with Crippen LogP contribution in [0.2, 0.25) is 0 Å². The van der Waals surface area contributed by atoms with Gasteiger partial charge in [0.25, 0.3) is 11.7 Å². The van der Waals surface area contributed by atoms with Gasteiger partial charge in [0.15, 0.2) is 0 Å². The summed E-state index contributed by atoms with van der Waals surface area (Å²) in [6.07, 6.45) is 0. The molecular formula is C20H16BrNO5. The van der Waals surface area contributed by atoms with Gasteiger partial charge in [0.2, 0.25) is 0 Å². The molecule has 0 aromatic heterocycles. The standard InChI is InChI=1S/C20H16BrNO5/c1-11-2-4-13(5-3-11)18(25)16-17(12-6-8-14(21)9-7-12)22(10-15(23)24)20(27)19(16)26/h2-9,17,25H,10H2,1H3,(H,23,24)/t17-/m0/s1. The summed E-state index contributed by atoms with van der Waals surface area (Å²) in [4.78, 5) is 37.3.